The minimum absolute atomic E-state index is 0.00951. The number of nitrogens with zero attached hydrogens (tertiary/aromatic N) is 2. The first-order chi connectivity index (χ1) is 9.74. The maximum absolute atomic E-state index is 12.0. The molecular formula is C16H25N3O2. The molecule has 0 aromatic heterocycles. The Morgan fingerprint density at radius 2 is 1.90 bits per heavy atom. The van der Waals surface area contributed by atoms with Crippen LogP contribution in [0.25, 0.3) is 0 Å². The topological polar surface area (TPSA) is 73.2 Å². The van der Waals surface area contributed by atoms with Gasteiger partial charge < -0.3 is 10.2 Å². The largest absolute Gasteiger partial charge is 0.350 e. The molecule has 1 fully saturated rings. The van der Waals surface area contributed by atoms with Gasteiger partial charge in [0.1, 0.15) is 6.42 Å². The third-order valence-corrected chi connectivity index (χ3v) is 3.95. The van der Waals surface area contributed by atoms with Crippen molar-refractivity contribution >= 4 is 11.8 Å². The van der Waals surface area contributed by atoms with Crippen molar-refractivity contribution in [3.63, 3.8) is 0 Å². The van der Waals surface area contributed by atoms with Crippen LogP contribution in [0.1, 0.15) is 47.0 Å². The first-order valence-electron chi connectivity index (χ1n) is 7.38. The third-order valence-electron chi connectivity index (χ3n) is 3.95. The van der Waals surface area contributed by atoms with E-state index in [2.05, 4.69) is 26.1 Å². The molecule has 0 radical (unpaired) electrons. The van der Waals surface area contributed by atoms with Crippen LogP contribution < -0.4 is 5.32 Å². The number of hydrogen-bond donors (Lipinski definition) is 1. The van der Waals surface area contributed by atoms with Crippen molar-refractivity contribution in [2.45, 2.75) is 53.0 Å². The molecule has 0 aromatic carbocycles. The molecule has 0 spiro atoms. The lowest BCUT2D eigenvalue weighted by Gasteiger charge is -2.32. The lowest BCUT2D eigenvalue weighted by Crippen LogP contribution is -2.46. The molecule has 5 nitrogen and oxygen atoms in total. The Balaban J connectivity index is 2.45. The van der Waals surface area contributed by atoms with E-state index >= 15 is 0 Å². The molecule has 0 aliphatic carbocycles. The lowest BCUT2D eigenvalue weighted by molar-refractivity contribution is -0.131. The summed E-state index contributed by atoms with van der Waals surface area (Å²) in [5.41, 5.74) is 1.03. The van der Waals surface area contributed by atoms with Gasteiger partial charge in [-0.2, -0.15) is 5.26 Å². The molecule has 1 saturated heterocycles. The van der Waals surface area contributed by atoms with Gasteiger partial charge in [0.2, 0.25) is 11.8 Å². The summed E-state index contributed by atoms with van der Waals surface area (Å²) < 4.78 is 0. The Morgan fingerprint density at radius 3 is 2.38 bits per heavy atom. The van der Waals surface area contributed by atoms with E-state index in [1.54, 1.807) is 11.0 Å². The standard InChI is InChI=1S/C16H25N3O2/c1-12(16(2,3)4)11-14(20)18-13-6-9-19(10-7-13)15(21)5-8-17/h11,13H,5-7,9-10H2,1-4H3,(H,18,20)/b12-11+. The fraction of sp³-hybridized carbons (Fsp3) is 0.688. The smallest absolute Gasteiger partial charge is 0.244 e. The van der Waals surface area contributed by atoms with E-state index in [1.807, 2.05) is 13.0 Å². The fourth-order valence-electron chi connectivity index (χ4n) is 2.11. The van der Waals surface area contributed by atoms with E-state index in [0.29, 0.717) is 13.1 Å². The Kier molecular flexibility index (Phi) is 5.95. The van der Waals surface area contributed by atoms with Crippen LogP contribution in [0.2, 0.25) is 0 Å². The lowest BCUT2D eigenvalue weighted by atomic mass is 9.87. The van der Waals surface area contributed by atoms with Crippen molar-refractivity contribution in [1.29, 1.82) is 5.26 Å². The van der Waals surface area contributed by atoms with Crippen molar-refractivity contribution in [3.8, 4) is 6.07 Å². The number of carbonyl (C=O) groups is 2. The SMILES string of the molecule is C/C(=C\C(=O)NC1CCN(C(=O)CC#N)CC1)C(C)(C)C. The molecule has 5 heteroatoms. The van der Waals surface area contributed by atoms with Crippen molar-refractivity contribution < 1.29 is 9.59 Å². The van der Waals surface area contributed by atoms with Crippen molar-refractivity contribution in [1.82, 2.24) is 10.2 Å². The molecule has 0 atom stereocenters. The summed E-state index contributed by atoms with van der Waals surface area (Å²) in [6.07, 6.45) is 3.08. The highest BCUT2D eigenvalue weighted by Crippen LogP contribution is 2.24. The van der Waals surface area contributed by atoms with Crippen LogP contribution >= 0.6 is 0 Å². The van der Waals surface area contributed by atoms with Gasteiger partial charge in [-0.15, -0.1) is 0 Å². The minimum Gasteiger partial charge on any atom is -0.350 e. The van der Waals surface area contributed by atoms with E-state index < -0.39 is 0 Å². The molecule has 21 heavy (non-hydrogen) atoms. The van der Waals surface area contributed by atoms with Gasteiger partial charge in [0.05, 0.1) is 6.07 Å². The molecule has 1 N–H and O–H groups in total. The van der Waals surface area contributed by atoms with Gasteiger partial charge in [-0.1, -0.05) is 26.3 Å². The molecule has 0 unspecified atom stereocenters. The van der Waals surface area contributed by atoms with E-state index in [-0.39, 0.29) is 29.7 Å². The van der Waals surface area contributed by atoms with Crippen molar-refractivity contribution in [2.24, 2.45) is 5.41 Å². The van der Waals surface area contributed by atoms with Crippen LogP contribution in [0, 0.1) is 16.7 Å². The number of likely N-dealkylation sites (tertiary alicyclic amines) is 1. The van der Waals surface area contributed by atoms with E-state index in [1.165, 1.54) is 0 Å². The Hall–Kier alpha value is -1.83. The van der Waals surface area contributed by atoms with Gasteiger partial charge in [0.15, 0.2) is 0 Å². The Morgan fingerprint density at radius 1 is 1.33 bits per heavy atom. The van der Waals surface area contributed by atoms with Gasteiger partial charge in [0.25, 0.3) is 0 Å². The summed E-state index contributed by atoms with van der Waals surface area (Å²) in [5.74, 6) is -0.185. The highest BCUT2D eigenvalue weighted by molar-refractivity contribution is 5.88. The summed E-state index contributed by atoms with van der Waals surface area (Å²) in [6, 6.07) is 1.98. The molecule has 1 aliphatic heterocycles. The highest BCUT2D eigenvalue weighted by Gasteiger charge is 2.23. The average Bonchev–Trinajstić information content (AvgIpc) is 2.38. The first-order valence-corrected chi connectivity index (χ1v) is 7.38. The van der Waals surface area contributed by atoms with Crippen LogP contribution in [0.4, 0.5) is 0 Å². The van der Waals surface area contributed by atoms with Crippen LogP contribution in [-0.4, -0.2) is 35.8 Å². The normalized spacial score (nSPS) is 17.3. The summed E-state index contributed by atoms with van der Waals surface area (Å²) >= 11 is 0. The van der Waals surface area contributed by atoms with Crippen LogP contribution in [0.5, 0.6) is 0 Å². The van der Waals surface area contributed by atoms with Crippen LogP contribution in [-0.2, 0) is 9.59 Å². The maximum atomic E-state index is 12.0. The fourth-order valence-corrected chi connectivity index (χ4v) is 2.11. The monoisotopic (exact) mass is 291 g/mol. The van der Waals surface area contributed by atoms with E-state index in [9.17, 15) is 9.59 Å². The van der Waals surface area contributed by atoms with Crippen LogP contribution in [0.3, 0.4) is 0 Å². The van der Waals surface area contributed by atoms with Crippen LogP contribution in [0.15, 0.2) is 11.6 Å². The van der Waals surface area contributed by atoms with Gasteiger partial charge in [-0.25, -0.2) is 0 Å². The molecule has 2 amide bonds. The average molecular weight is 291 g/mol. The van der Waals surface area contributed by atoms with Crippen molar-refractivity contribution in [3.05, 3.63) is 11.6 Å². The number of amides is 2. The summed E-state index contributed by atoms with van der Waals surface area (Å²) in [5, 5.41) is 11.5. The zero-order valence-corrected chi connectivity index (χ0v) is 13.4. The third kappa shape index (κ3) is 5.58. The second-order valence-electron chi connectivity index (χ2n) is 6.58. The van der Waals surface area contributed by atoms with Gasteiger partial charge >= 0.3 is 0 Å². The molecule has 0 bridgehead atoms. The van der Waals surface area contributed by atoms with E-state index in [4.69, 9.17) is 5.26 Å². The highest BCUT2D eigenvalue weighted by atomic mass is 16.2. The number of rotatable bonds is 3. The molecule has 0 aromatic rings. The molecular weight excluding hydrogens is 266 g/mol. The quantitative estimate of drug-likeness (QED) is 0.808. The van der Waals surface area contributed by atoms with Gasteiger partial charge in [0, 0.05) is 25.2 Å². The molecule has 0 saturated carbocycles. The van der Waals surface area contributed by atoms with Crippen molar-refractivity contribution in [2.75, 3.05) is 13.1 Å². The number of carbonyl (C=O) groups excluding carboxylic acids is 2. The second-order valence-corrected chi connectivity index (χ2v) is 6.58. The number of hydrogen-bond acceptors (Lipinski definition) is 3. The summed E-state index contributed by atoms with van der Waals surface area (Å²) in [7, 11) is 0. The first kappa shape index (κ1) is 17.2. The molecule has 1 rings (SSSR count). The van der Waals surface area contributed by atoms with Gasteiger partial charge in [-0.05, 0) is 25.2 Å². The zero-order valence-electron chi connectivity index (χ0n) is 13.4. The molecule has 1 heterocycles. The molecule has 116 valence electrons. The minimum atomic E-state index is -0.120. The predicted octanol–water partition coefficient (Wildman–Crippen LogP) is 2.00. The predicted molar refractivity (Wildman–Crippen MR) is 81.2 cm³/mol. The summed E-state index contributed by atoms with van der Waals surface area (Å²) in [4.78, 5) is 25.3. The molecule has 1 aliphatic rings. The van der Waals surface area contributed by atoms with Gasteiger partial charge in [-0.3, -0.25) is 9.59 Å². The number of allylic oxidation sites excluding steroid dienone is 1. The summed E-state index contributed by atoms with van der Waals surface area (Å²) in [6.45, 7) is 9.39. The Bertz CT molecular complexity index is 461. The number of nitrogens with one attached hydrogen (secondary N) is 1. The number of nitriles is 1. The zero-order chi connectivity index (χ0) is 16.0. The maximum Gasteiger partial charge on any atom is 0.244 e. The second kappa shape index (κ2) is 7.26. The Labute approximate surface area is 127 Å². The van der Waals surface area contributed by atoms with E-state index in [0.717, 1.165) is 18.4 Å². The number of piperidine rings is 1.